The standard InChI is InChI=1S/C13H18ClN3/c1-17(8-9-4-2-5-9)11-7-3-6-10(14)12(11)13(15)16/h3,6-7,9H,2,4-5,8H2,1H3,(H3,15,16). The molecule has 4 heteroatoms. The van der Waals surface area contributed by atoms with Crippen LogP contribution >= 0.6 is 11.6 Å². The van der Waals surface area contributed by atoms with Crippen molar-refractivity contribution in [3.8, 4) is 0 Å². The number of nitrogens with zero attached hydrogens (tertiary/aromatic N) is 1. The third kappa shape index (κ3) is 2.55. The van der Waals surface area contributed by atoms with Crippen LogP contribution in [0.15, 0.2) is 18.2 Å². The van der Waals surface area contributed by atoms with E-state index in [9.17, 15) is 0 Å². The Morgan fingerprint density at radius 1 is 1.53 bits per heavy atom. The fourth-order valence-corrected chi connectivity index (χ4v) is 2.53. The van der Waals surface area contributed by atoms with Gasteiger partial charge in [-0.3, -0.25) is 5.41 Å². The summed E-state index contributed by atoms with van der Waals surface area (Å²) in [6.07, 6.45) is 3.95. The van der Waals surface area contributed by atoms with Gasteiger partial charge in [0.25, 0.3) is 0 Å². The van der Waals surface area contributed by atoms with Crippen molar-refractivity contribution in [3.63, 3.8) is 0 Å². The predicted molar refractivity (Wildman–Crippen MR) is 73.1 cm³/mol. The molecule has 0 saturated heterocycles. The molecule has 0 atom stereocenters. The van der Waals surface area contributed by atoms with E-state index in [1.165, 1.54) is 19.3 Å². The van der Waals surface area contributed by atoms with Gasteiger partial charge in [-0.2, -0.15) is 0 Å². The van der Waals surface area contributed by atoms with E-state index in [1.54, 1.807) is 6.07 Å². The number of amidine groups is 1. The number of hydrogen-bond donors (Lipinski definition) is 2. The number of hydrogen-bond acceptors (Lipinski definition) is 2. The lowest BCUT2D eigenvalue weighted by Gasteiger charge is -2.32. The topological polar surface area (TPSA) is 53.1 Å². The normalized spacial score (nSPS) is 15.4. The highest BCUT2D eigenvalue weighted by Crippen LogP contribution is 2.31. The molecule has 1 fully saturated rings. The SMILES string of the molecule is CN(CC1CCC1)c1cccc(Cl)c1C(=N)N. The predicted octanol–water partition coefficient (Wildman–Crippen LogP) is 2.86. The van der Waals surface area contributed by atoms with Crippen LogP contribution in [0.2, 0.25) is 5.02 Å². The van der Waals surface area contributed by atoms with Gasteiger partial charge in [-0.05, 0) is 30.9 Å². The summed E-state index contributed by atoms with van der Waals surface area (Å²) in [5.74, 6) is 0.810. The van der Waals surface area contributed by atoms with Crippen LogP contribution in [0, 0.1) is 11.3 Å². The van der Waals surface area contributed by atoms with E-state index >= 15 is 0 Å². The average molecular weight is 252 g/mol. The number of halogens is 1. The maximum Gasteiger partial charge on any atom is 0.126 e. The highest BCUT2D eigenvalue weighted by atomic mass is 35.5. The van der Waals surface area contributed by atoms with Gasteiger partial charge >= 0.3 is 0 Å². The van der Waals surface area contributed by atoms with Crippen LogP contribution in [-0.4, -0.2) is 19.4 Å². The highest BCUT2D eigenvalue weighted by Gasteiger charge is 2.21. The Morgan fingerprint density at radius 3 is 2.76 bits per heavy atom. The Morgan fingerprint density at radius 2 is 2.24 bits per heavy atom. The van der Waals surface area contributed by atoms with E-state index in [1.807, 2.05) is 19.2 Å². The molecule has 0 unspecified atom stereocenters. The summed E-state index contributed by atoms with van der Waals surface area (Å²) in [7, 11) is 2.04. The van der Waals surface area contributed by atoms with Crippen LogP contribution in [0.25, 0.3) is 0 Å². The summed E-state index contributed by atoms with van der Waals surface area (Å²) >= 11 is 6.11. The summed E-state index contributed by atoms with van der Waals surface area (Å²) in [5, 5.41) is 8.17. The maximum absolute atomic E-state index is 7.62. The molecule has 1 aromatic carbocycles. The number of rotatable bonds is 4. The zero-order chi connectivity index (χ0) is 12.4. The molecule has 3 nitrogen and oxygen atoms in total. The second kappa shape index (κ2) is 4.96. The molecule has 0 radical (unpaired) electrons. The molecular weight excluding hydrogens is 234 g/mol. The zero-order valence-corrected chi connectivity index (χ0v) is 10.8. The van der Waals surface area contributed by atoms with Crippen molar-refractivity contribution in [1.82, 2.24) is 0 Å². The summed E-state index contributed by atoms with van der Waals surface area (Å²) in [4.78, 5) is 2.16. The van der Waals surface area contributed by atoms with Gasteiger partial charge in [0.1, 0.15) is 5.84 Å². The van der Waals surface area contributed by atoms with Crippen LogP contribution < -0.4 is 10.6 Å². The molecular formula is C13H18ClN3. The van der Waals surface area contributed by atoms with Crippen LogP contribution in [0.5, 0.6) is 0 Å². The van der Waals surface area contributed by atoms with Gasteiger partial charge < -0.3 is 10.6 Å². The van der Waals surface area contributed by atoms with Gasteiger partial charge in [-0.1, -0.05) is 24.1 Å². The smallest absolute Gasteiger partial charge is 0.126 e. The van der Waals surface area contributed by atoms with Crippen molar-refractivity contribution in [2.75, 3.05) is 18.5 Å². The quantitative estimate of drug-likeness (QED) is 0.639. The van der Waals surface area contributed by atoms with E-state index in [0.29, 0.717) is 10.6 Å². The van der Waals surface area contributed by atoms with Crippen molar-refractivity contribution in [1.29, 1.82) is 5.41 Å². The van der Waals surface area contributed by atoms with E-state index < -0.39 is 0 Å². The van der Waals surface area contributed by atoms with Gasteiger partial charge in [-0.15, -0.1) is 0 Å². The zero-order valence-electron chi connectivity index (χ0n) is 10.0. The van der Waals surface area contributed by atoms with Crippen LogP contribution in [0.4, 0.5) is 5.69 Å². The molecule has 3 N–H and O–H groups in total. The number of benzene rings is 1. The van der Waals surface area contributed by atoms with E-state index in [0.717, 1.165) is 18.2 Å². The first kappa shape index (κ1) is 12.2. The molecule has 1 aromatic rings. The van der Waals surface area contributed by atoms with Crippen molar-refractivity contribution in [3.05, 3.63) is 28.8 Å². The first-order chi connectivity index (χ1) is 8.09. The summed E-state index contributed by atoms with van der Waals surface area (Å²) in [6, 6.07) is 5.65. The second-order valence-electron chi connectivity index (χ2n) is 4.73. The number of nitrogen functional groups attached to an aromatic ring is 1. The van der Waals surface area contributed by atoms with Crippen LogP contribution in [-0.2, 0) is 0 Å². The molecule has 0 amide bonds. The third-order valence-electron chi connectivity index (χ3n) is 3.43. The van der Waals surface area contributed by atoms with E-state index in [-0.39, 0.29) is 5.84 Å². The lowest BCUT2D eigenvalue weighted by molar-refractivity contribution is 0.321. The van der Waals surface area contributed by atoms with E-state index in [4.69, 9.17) is 22.7 Å². The molecule has 0 aliphatic heterocycles. The largest absolute Gasteiger partial charge is 0.384 e. The minimum absolute atomic E-state index is 0.0334. The molecule has 92 valence electrons. The second-order valence-corrected chi connectivity index (χ2v) is 5.13. The molecule has 0 bridgehead atoms. The number of nitrogens with one attached hydrogen (secondary N) is 1. The molecule has 1 aliphatic carbocycles. The molecule has 17 heavy (non-hydrogen) atoms. The van der Waals surface area contributed by atoms with E-state index in [2.05, 4.69) is 4.90 Å². The first-order valence-electron chi connectivity index (χ1n) is 5.93. The Bertz CT molecular complexity index is 427. The monoisotopic (exact) mass is 251 g/mol. The molecule has 0 aromatic heterocycles. The van der Waals surface area contributed by atoms with Crippen molar-refractivity contribution in [2.45, 2.75) is 19.3 Å². The number of anilines is 1. The Hall–Kier alpha value is -1.22. The van der Waals surface area contributed by atoms with Crippen LogP contribution in [0.3, 0.4) is 0 Å². The fourth-order valence-electron chi connectivity index (χ4n) is 2.26. The third-order valence-corrected chi connectivity index (χ3v) is 3.74. The van der Waals surface area contributed by atoms with Crippen molar-refractivity contribution in [2.24, 2.45) is 11.7 Å². The average Bonchev–Trinajstić information content (AvgIpc) is 2.22. The molecule has 1 saturated carbocycles. The summed E-state index contributed by atoms with van der Waals surface area (Å²) in [5.41, 5.74) is 7.21. The minimum atomic E-state index is 0.0334. The molecule has 0 spiro atoms. The van der Waals surface area contributed by atoms with Gasteiger partial charge in [0.2, 0.25) is 0 Å². The van der Waals surface area contributed by atoms with Crippen LogP contribution in [0.1, 0.15) is 24.8 Å². The van der Waals surface area contributed by atoms with Gasteiger partial charge in [0.15, 0.2) is 0 Å². The minimum Gasteiger partial charge on any atom is -0.384 e. The first-order valence-corrected chi connectivity index (χ1v) is 6.31. The van der Waals surface area contributed by atoms with Gasteiger partial charge in [0, 0.05) is 19.3 Å². The summed E-state index contributed by atoms with van der Waals surface area (Å²) in [6.45, 7) is 1.01. The van der Waals surface area contributed by atoms with Crippen molar-refractivity contribution < 1.29 is 0 Å². The molecule has 2 rings (SSSR count). The van der Waals surface area contributed by atoms with Gasteiger partial charge in [0.05, 0.1) is 10.6 Å². The Balaban J connectivity index is 2.23. The van der Waals surface area contributed by atoms with Gasteiger partial charge in [-0.25, -0.2) is 0 Å². The lowest BCUT2D eigenvalue weighted by Crippen LogP contribution is -2.31. The number of nitrogens with two attached hydrogens (primary N) is 1. The molecule has 1 aliphatic rings. The lowest BCUT2D eigenvalue weighted by atomic mass is 9.85. The Labute approximate surface area is 107 Å². The Kier molecular flexibility index (Phi) is 3.57. The fraction of sp³-hybridized carbons (Fsp3) is 0.462. The van der Waals surface area contributed by atoms with Crippen molar-refractivity contribution >= 4 is 23.1 Å². The maximum atomic E-state index is 7.62. The highest BCUT2D eigenvalue weighted by molar-refractivity contribution is 6.34. The summed E-state index contributed by atoms with van der Waals surface area (Å²) < 4.78 is 0. The molecule has 0 heterocycles.